The van der Waals surface area contributed by atoms with Gasteiger partial charge in [0.15, 0.2) is 17.3 Å². The van der Waals surface area contributed by atoms with Crippen LogP contribution in [-0.4, -0.2) is 47.3 Å². The summed E-state index contributed by atoms with van der Waals surface area (Å²) >= 11 is 1.34. The van der Waals surface area contributed by atoms with Crippen molar-refractivity contribution in [3.63, 3.8) is 0 Å². The molecular formula is C25H26N4O4S. The second-order valence-corrected chi connectivity index (χ2v) is 8.68. The largest absolute Gasteiger partial charge is 0.493 e. The number of carbonyl (C=O) groups is 1. The van der Waals surface area contributed by atoms with Crippen LogP contribution in [0.15, 0.2) is 58.1 Å². The van der Waals surface area contributed by atoms with E-state index in [0.29, 0.717) is 35.4 Å². The smallest absolute Gasteiger partial charge is 0.283 e. The molecule has 4 rings (SSSR count). The lowest BCUT2D eigenvalue weighted by atomic mass is 10.1. The zero-order valence-electron chi connectivity index (χ0n) is 19.3. The third-order valence-corrected chi connectivity index (χ3v) is 6.12. The Kier molecular flexibility index (Phi) is 7.32. The van der Waals surface area contributed by atoms with Crippen molar-refractivity contribution in [2.75, 3.05) is 20.3 Å². The molecule has 0 radical (unpaired) electrons. The van der Waals surface area contributed by atoms with E-state index in [0.717, 1.165) is 29.2 Å². The van der Waals surface area contributed by atoms with Crippen molar-refractivity contribution in [3.05, 3.63) is 59.2 Å². The molecule has 0 aliphatic carbocycles. The van der Waals surface area contributed by atoms with Crippen molar-refractivity contribution in [2.45, 2.75) is 26.7 Å². The van der Waals surface area contributed by atoms with E-state index < -0.39 is 5.91 Å². The Morgan fingerprint density at radius 3 is 2.59 bits per heavy atom. The van der Waals surface area contributed by atoms with Crippen LogP contribution in [0.5, 0.6) is 17.2 Å². The van der Waals surface area contributed by atoms with Crippen molar-refractivity contribution < 1.29 is 19.0 Å². The van der Waals surface area contributed by atoms with E-state index >= 15 is 0 Å². The number of carbonyl (C=O) groups excluding carboxylic acids is 1. The van der Waals surface area contributed by atoms with E-state index in [9.17, 15) is 4.79 Å². The average Bonchev–Trinajstić information content (AvgIpc) is 3.23. The number of ether oxygens (including phenoxy) is 3. The normalized spacial score (nSPS) is 16.3. The molecule has 0 fully saturated rings. The first-order valence-corrected chi connectivity index (χ1v) is 11.8. The number of hydrogen-bond acceptors (Lipinski definition) is 7. The van der Waals surface area contributed by atoms with E-state index in [-0.39, 0.29) is 11.4 Å². The maximum absolute atomic E-state index is 12.6. The minimum Gasteiger partial charge on any atom is -0.493 e. The molecular weight excluding hydrogens is 452 g/mol. The van der Waals surface area contributed by atoms with Crippen LogP contribution in [-0.2, 0) is 4.79 Å². The molecule has 2 aromatic rings. The molecule has 176 valence electrons. The van der Waals surface area contributed by atoms with Crippen molar-refractivity contribution in [2.24, 2.45) is 10.1 Å². The molecule has 0 saturated carbocycles. The van der Waals surface area contributed by atoms with E-state index in [1.54, 1.807) is 31.4 Å². The summed E-state index contributed by atoms with van der Waals surface area (Å²) in [5, 5.41) is 15.6. The molecule has 0 spiro atoms. The van der Waals surface area contributed by atoms with Crippen LogP contribution in [0.2, 0.25) is 0 Å². The number of para-hydroxylation sites is 1. The Labute approximate surface area is 202 Å². The van der Waals surface area contributed by atoms with E-state index in [1.807, 2.05) is 31.2 Å². The van der Waals surface area contributed by atoms with E-state index in [4.69, 9.17) is 19.6 Å². The van der Waals surface area contributed by atoms with Gasteiger partial charge in [-0.05, 0) is 66.9 Å². The maximum atomic E-state index is 12.6. The number of nitrogens with one attached hydrogen (secondary N) is 1. The molecule has 0 unspecified atom stereocenters. The number of hydrogen-bond donors (Lipinski definition) is 1. The van der Waals surface area contributed by atoms with Gasteiger partial charge in [-0.1, -0.05) is 31.2 Å². The van der Waals surface area contributed by atoms with Gasteiger partial charge in [-0.2, -0.15) is 15.1 Å². The number of aryl methyl sites for hydroxylation is 1. The highest BCUT2D eigenvalue weighted by Gasteiger charge is 2.35. The van der Waals surface area contributed by atoms with Crippen LogP contribution in [0.1, 0.15) is 30.9 Å². The predicted octanol–water partition coefficient (Wildman–Crippen LogP) is 4.88. The van der Waals surface area contributed by atoms with Gasteiger partial charge in [0.05, 0.1) is 12.7 Å². The number of aliphatic imine (C=N–C) groups is 1. The van der Waals surface area contributed by atoms with Gasteiger partial charge in [0, 0.05) is 0 Å². The summed E-state index contributed by atoms with van der Waals surface area (Å²) in [4.78, 5) is 16.7. The summed E-state index contributed by atoms with van der Waals surface area (Å²) in [5.74, 6) is 1.47. The summed E-state index contributed by atoms with van der Waals surface area (Å²) in [5.41, 5.74) is 1.93. The topological polar surface area (TPSA) is 96.6 Å². The van der Waals surface area contributed by atoms with Crippen LogP contribution in [0, 0.1) is 12.3 Å². The minimum atomic E-state index is -0.454. The third kappa shape index (κ3) is 5.14. The fraction of sp³-hybridized carbons (Fsp3) is 0.280. The van der Waals surface area contributed by atoms with E-state index in [2.05, 4.69) is 17.0 Å². The second kappa shape index (κ2) is 10.6. The monoisotopic (exact) mass is 478 g/mol. The van der Waals surface area contributed by atoms with Gasteiger partial charge < -0.3 is 14.2 Å². The number of thioether (sulfide) groups is 1. The quantitative estimate of drug-likeness (QED) is 0.408. The van der Waals surface area contributed by atoms with E-state index in [1.165, 1.54) is 16.8 Å². The average molecular weight is 479 g/mol. The number of fused-ring (bicyclic) bond motifs is 1. The minimum absolute atomic E-state index is 0.0150. The molecule has 9 heteroatoms. The fourth-order valence-electron chi connectivity index (χ4n) is 3.43. The molecule has 2 aliphatic rings. The van der Waals surface area contributed by atoms with Crippen LogP contribution in [0.3, 0.4) is 0 Å². The summed E-state index contributed by atoms with van der Waals surface area (Å²) in [6.07, 6.45) is 3.34. The number of nitrogens with zero attached hydrogens (tertiary/aromatic N) is 3. The Hall–Kier alpha value is -3.59. The first kappa shape index (κ1) is 23.6. The van der Waals surface area contributed by atoms with Gasteiger partial charge in [-0.3, -0.25) is 10.2 Å². The van der Waals surface area contributed by atoms with Crippen LogP contribution >= 0.6 is 11.8 Å². The molecule has 0 aromatic heterocycles. The number of amides is 1. The van der Waals surface area contributed by atoms with Gasteiger partial charge in [0.2, 0.25) is 5.17 Å². The number of rotatable bonds is 9. The van der Waals surface area contributed by atoms with Crippen LogP contribution < -0.4 is 14.2 Å². The molecule has 2 heterocycles. The Bertz CT molecular complexity index is 1210. The molecule has 2 aliphatic heterocycles. The third-order valence-electron chi connectivity index (χ3n) is 5.15. The highest BCUT2D eigenvalue weighted by atomic mass is 32.2. The Morgan fingerprint density at radius 1 is 1.09 bits per heavy atom. The standard InChI is InChI=1S/C25H26N4O4S/c1-4-7-22-28-29-23(26)18(24(30)27-25(29)34-22)14-17-10-11-20(21(15-17)31-3)33-13-12-32-19-9-6-5-8-16(19)2/h5-6,8-11,14-15,26H,4,7,12-13H2,1-3H3. The number of methoxy groups -OCH3 is 1. The summed E-state index contributed by atoms with van der Waals surface area (Å²) in [6.45, 7) is 4.78. The lowest BCUT2D eigenvalue weighted by Crippen LogP contribution is -2.35. The zero-order valence-corrected chi connectivity index (χ0v) is 20.1. The molecule has 0 atom stereocenters. The number of amidine groups is 2. The van der Waals surface area contributed by atoms with Crippen molar-refractivity contribution in [3.8, 4) is 17.2 Å². The van der Waals surface area contributed by atoms with Gasteiger partial charge >= 0.3 is 0 Å². The lowest BCUT2D eigenvalue weighted by molar-refractivity contribution is -0.114. The van der Waals surface area contributed by atoms with Crippen molar-refractivity contribution >= 4 is 39.8 Å². The number of hydrazone groups is 1. The van der Waals surface area contributed by atoms with Crippen molar-refractivity contribution in [1.29, 1.82) is 5.41 Å². The molecule has 0 saturated heterocycles. The summed E-state index contributed by atoms with van der Waals surface area (Å²) in [7, 11) is 1.55. The van der Waals surface area contributed by atoms with Crippen LogP contribution in [0.4, 0.5) is 0 Å². The molecule has 0 bridgehead atoms. The SMILES string of the molecule is CCCC1=NN2C(=N)C(=Cc3ccc(OCCOc4ccccc4C)c(OC)c3)C(=O)N=C2S1. The first-order valence-electron chi connectivity index (χ1n) is 11.0. The number of benzene rings is 2. The van der Waals surface area contributed by atoms with Crippen LogP contribution in [0.25, 0.3) is 6.08 Å². The first-order chi connectivity index (χ1) is 16.5. The van der Waals surface area contributed by atoms with Gasteiger partial charge in [0.25, 0.3) is 5.91 Å². The highest BCUT2D eigenvalue weighted by molar-refractivity contribution is 8.26. The molecule has 1 amide bonds. The summed E-state index contributed by atoms with van der Waals surface area (Å²) < 4.78 is 17.1. The second-order valence-electron chi connectivity index (χ2n) is 7.64. The molecule has 34 heavy (non-hydrogen) atoms. The maximum Gasteiger partial charge on any atom is 0.283 e. The fourth-order valence-corrected chi connectivity index (χ4v) is 4.41. The highest BCUT2D eigenvalue weighted by Crippen LogP contribution is 2.32. The Balaban J connectivity index is 1.44. The molecule has 2 aromatic carbocycles. The van der Waals surface area contributed by atoms with Gasteiger partial charge in [0.1, 0.15) is 24.0 Å². The zero-order chi connectivity index (χ0) is 24.1. The lowest BCUT2D eigenvalue weighted by Gasteiger charge is -2.20. The predicted molar refractivity (Wildman–Crippen MR) is 135 cm³/mol. The van der Waals surface area contributed by atoms with Gasteiger partial charge in [-0.15, -0.1) is 0 Å². The van der Waals surface area contributed by atoms with Gasteiger partial charge in [-0.25, -0.2) is 0 Å². The van der Waals surface area contributed by atoms with Crippen molar-refractivity contribution in [1.82, 2.24) is 5.01 Å². The molecule has 1 N–H and O–H groups in total. The summed E-state index contributed by atoms with van der Waals surface area (Å²) in [6, 6.07) is 13.1. The Morgan fingerprint density at radius 2 is 1.85 bits per heavy atom. The molecule has 8 nitrogen and oxygen atoms in total.